The highest BCUT2D eigenvalue weighted by Crippen LogP contribution is 2.22. The maximum Gasteiger partial charge on any atom is 0.262 e. The number of hydrazone groups is 1. The van der Waals surface area contributed by atoms with Crippen molar-refractivity contribution in [2.75, 3.05) is 0 Å². The molecule has 0 aliphatic rings. The minimum atomic E-state index is -0.759. The smallest absolute Gasteiger partial charge is 0.262 e. The average Bonchev–Trinajstić information content (AvgIpc) is 2.83. The summed E-state index contributed by atoms with van der Waals surface area (Å²) in [5.74, 6) is -0.276. The largest absolute Gasteiger partial charge is 0.489 e. The van der Waals surface area contributed by atoms with Crippen LogP contribution in [0.25, 0.3) is 0 Å². The van der Waals surface area contributed by atoms with Crippen LogP contribution < -0.4 is 15.5 Å². The Morgan fingerprint density at radius 2 is 1.60 bits per heavy atom. The van der Waals surface area contributed by atoms with Crippen LogP contribution in [0, 0.1) is 5.92 Å². The summed E-state index contributed by atoms with van der Waals surface area (Å²) in [7, 11) is 0. The van der Waals surface area contributed by atoms with Gasteiger partial charge in [0.2, 0.25) is 0 Å². The summed E-state index contributed by atoms with van der Waals surface area (Å²) >= 11 is 17.9. The first-order valence-electron chi connectivity index (χ1n) is 10.8. The van der Waals surface area contributed by atoms with E-state index in [4.69, 9.17) is 39.5 Å². The van der Waals surface area contributed by atoms with Gasteiger partial charge in [0, 0.05) is 26.2 Å². The van der Waals surface area contributed by atoms with Crippen molar-refractivity contribution >= 4 is 52.8 Å². The van der Waals surface area contributed by atoms with Crippen molar-refractivity contribution in [3.05, 3.63) is 98.5 Å². The molecule has 0 saturated carbocycles. The summed E-state index contributed by atoms with van der Waals surface area (Å²) in [4.78, 5) is 25.1. The zero-order chi connectivity index (χ0) is 25.4. The molecular weight excluding hydrogens is 509 g/mol. The van der Waals surface area contributed by atoms with Crippen LogP contribution in [0.1, 0.15) is 35.3 Å². The first-order valence-corrected chi connectivity index (χ1v) is 11.9. The molecule has 0 aliphatic carbocycles. The second-order valence-electron chi connectivity index (χ2n) is 8.03. The standard InChI is InChI=1S/C26H24Cl3N3O3/c1-16(2)24(31-25(33)18-5-8-20(27)9-6-18)26(34)32-30-14-17-3-11-22(12-4-17)35-15-19-7-10-21(28)13-23(19)29/h3-14,16,24H,15H2,1-2H3,(H,31,33)(H,32,34). The highest BCUT2D eigenvalue weighted by Gasteiger charge is 2.24. The van der Waals surface area contributed by atoms with Crippen molar-refractivity contribution < 1.29 is 14.3 Å². The van der Waals surface area contributed by atoms with Crippen molar-refractivity contribution in [3.8, 4) is 5.75 Å². The van der Waals surface area contributed by atoms with E-state index in [0.717, 1.165) is 11.1 Å². The fourth-order valence-electron chi connectivity index (χ4n) is 3.05. The number of amides is 2. The number of hydrogen-bond donors (Lipinski definition) is 2. The molecule has 6 nitrogen and oxygen atoms in total. The Morgan fingerprint density at radius 3 is 2.23 bits per heavy atom. The summed E-state index contributed by atoms with van der Waals surface area (Å²) < 4.78 is 5.76. The minimum absolute atomic E-state index is 0.146. The van der Waals surface area contributed by atoms with Gasteiger partial charge in [-0.1, -0.05) is 54.7 Å². The van der Waals surface area contributed by atoms with Gasteiger partial charge >= 0.3 is 0 Å². The second kappa shape index (κ2) is 12.6. The lowest BCUT2D eigenvalue weighted by molar-refractivity contribution is -0.123. The van der Waals surface area contributed by atoms with Crippen molar-refractivity contribution in [2.24, 2.45) is 11.0 Å². The maximum atomic E-state index is 12.6. The fourth-order valence-corrected chi connectivity index (χ4v) is 3.64. The highest BCUT2D eigenvalue weighted by molar-refractivity contribution is 6.35. The molecule has 0 saturated heterocycles. The van der Waals surface area contributed by atoms with Crippen molar-refractivity contribution in [2.45, 2.75) is 26.5 Å². The highest BCUT2D eigenvalue weighted by atomic mass is 35.5. The molecule has 0 fully saturated rings. The van der Waals surface area contributed by atoms with Crippen LogP contribution >= 0.6 is 34.8 Å². The van der Waals surface area contributed by atoms with Crippen LogP contribution in [-0.4, -0.2) is 24.1 Å². The van der Waals surface area contributed by atoms with E-state index < -0.39 is 11.9 Å². The summed E-state index contributed by atoms with van der Waals surface area (Å²) in [6, 6.07) is 18.1. The Morgan fingerprint density at radius 1 is 0.943 bits per heavy atom. The lowest BCUT2D eigenvalue weighted by atomic mass is 10.0. The van der Waals surface area contributed by atoms with Crippen molar-refractivity contribution in [1.29, 1.82) is 0 Å². The van der Waals surface area contributed by atoms with Gasteiger partial charge in [0.25, 0.3) is 11.8 Å². The van der Waals surface area contributed by atoms with E-state index >= 15 is 0 Å². The molecule has 0 aliphatic heterocycles. The van der Waals surface area contributed by atoms with Gasteiger partial charge in [-0.25, -0.2) is 5.43 Å². The zero-order valence-electron chi connectivity index (χ0n) is 19.1. The van der Waals surface area contributed by atoms with Crippen LogP contribution in [0.5, 0.6) is 5.75 Å². The van der Waals surface area contributed by atoms with Gasteiger partial charge in [0.1, 0.15) is 18.4 Å². The maximum absolute atomic E-state index is 12.6. The number of halogens is 3. The third kappa shape index (κ3) is 7.99. The van der Waals surface area contributed by atoms with E-state index in [-0.39, 0.29) is 11.8 Å². The summed E-state index contributed by atoms with van der Waals surface area (Å²) in [5.41, 5.74) is 4.49. The number of rotatable bonds is 9. The molecule has 35 heavy (non-hydrogen) atoms. The molecule has 0 bridgehead atoms. The fraction of sp³-hybridized carbons (Fsp3) is 0.192. The Balaban J connectivity index is 1.53. The monoisotopic (exact) mass is 531 g/mol. The lowest BCUT2D eigenvalue weighted by Crippen LogP contribution is -2.48. The van der Waals surface area contributed by atoms with Crippen LogP contribution in [0.15, 0.2) is 71.8 Å². The first-order chi connectivity index (χ1) is 16.7. The molecule has 1 unspecified atom stereocenters. The van der Waals surface area contributed by atoms with Gasteiger partial charge < -0.3 is 10.1 Å². The summed E-state index contributed by atoms with van der Waals surface area (Å²) in [6.07, 6.45) is 1.51. The minimum Gasteiger partial charge on any atom is -0.489 e. The third-order valence-corrected chi connectivity index (χ3v) is 5.86. The summed E-state index contributed by atoms with van der Waals surface area (Å²) in [6.45, 7) is 3.98. The van der Waals surface area contributed by atoms with E-state index in [1.54, 1.807) is 60.7 Å². The molecule has 3 aromatic rings. The van der Waals surface area contributed by atoms with Crippen molar-refractivity contribution in [1.82, 2.24) is 10.7 Å². The lowest BCUT2D eigenvalue weighted by Gasteiger charge is -2.20. The molecule has 1 atom stereocenters. The molecule has 0 radical (unpaired) electrons. The van der Waals surface area contributed by atoms with Gasteiger partial charge in [-0.2, -0.15) is 5.10 Å². The molecule has 2 amide bonds. The van der Waals surface area contributed by atoms with Crippen LogP contribution in [0.4, 0.5) is 0 Å². The van der Waals surface area contributed by atoms with E-state index in [9.17, 15) is 9.59 Å². The predicted octanol–water partition coefficient (Wildman–Crippen LogP) is 6.13. The van der Waals surface area contributed by atoms with Gasteiger partial charge in [0.05, 0.1) is 6.21 Å². The molecule has 0 heterocycles. The van der Waals surface area contributed by atoms with E-state index in [0.29, 0.717) is 33.0 Å². The van der Waals surface area contributed by atoms with Gasteiger partial charge in [-0.15, -0.1) is 0 Å². The third-order valence-electron chi connectivity index (χ3n) is 5.02. The molecule has 2 N–H and O–H groups in total. The number of ether oxygens (including phenoxy) is 1. The van der Waals surface area contributed by atoms with Crippen LogP contribution in [-0.2, 0) is 11.4 Å². The second-order valence-corrected chi connectivity index (χ2v) is 9.31. The number of benzene rings is 3. The first kappa shape index (κ1) is 26.5. The number of nitrogens with one attached hydrogen (secondary N) is 2. The van der Waals surface area contributed by atoms with E-state index in [1.807, 2.05) is 19.9 Å². The molecule has 182 valence electrons. The molecule has 0 spiro atoms. The Labute approximate surface area is 219 Å². The number of nitrogens with zero attached hydrogens (tertiary/aromatic N) is 1. The quantitative estimate of drug-likeness (QED) is 0.257. The number of carbonyl (C=O) groups is 2. The Hall–Kier alpha value is -3.06. The molecule has 9 heteroatoms. The van der Waals surface area contributed by atoms with Gasteiger partial charge in [0.15, 0.2) is 0 Å². The van der Waals surface area contributed by atoms with Gasteiger partial charge in [-0.3, -0.25) is 9.59 Å². The Bertz CT molecular complexity index is 1200. The topological polar surface area (TPSA) is 79.8 Å². The zero-order valence-corrected chi connectivity index (χ0v) is 21.4. The average molecular weight is 533 g/mol. The molecule has 0 aromatic heterocycles. The van der Waals surface area contributed by atoms with E-state index in [1.165, 1.54) is 6.21 Å². The normalized spacial score (nSPS) is 11.9. The van der Waals surface area contributed by atoms with Gasteiger partial charge in [-0.05, 0) is 72.1 Å². The molecular formula is C26H24Cl3N3O3. The van der Waals surface area contributed by atoms with Crippen LogP contribution in [0.2, 0.25) is 15.1 Å². The molecule has 3 aromatic carbocycles. The van der Waals surface area contributed by atoms with E-state index in [2.05, 4.69) is 15.8 Å². The summed E-state index contributed by atoms with van der Waals surface area (Å²) in [5, 5.41) is 8.39. The Kier molecular flexibility index (Phi) is 9.55. The SMILES string of the molecule is CC(C)C(NC(=O)c1ccc(Cl)cc1)C(=O)NN=Cc1ccc(OCc2ccc(Cl)cc2Cl)cc1. The number of hydrogen-bond acceptors (Lipinski definition) is 4. The number of carbonyl (C=O) groups excluding carboxylic acids is 2. The van der Waals surface area contributed by atoms with Crippen LogP contribution in [0.3, 0.4) is 0 Å². The molecule has 3 rings (SSSR count). The van der Waals surface area contributed by atoms with Crippen molar-refractivity contribution in [3.63, 3.8) is 0 Å². The predicted molar refractivity (Wildman–Crippen MR) is 141 cm³/mol.